The molecule has 1 N–H and O–H groups in total. The van der Waals surface area contributed by atoms with Crippen molar-refractivity contribution in [2.24, 2.45) is 0 Å². The van der Waals surface area contributed by atoms with Crippen LogP contribution in [0, 0.1) is 6.92 Å². The fourth-order valence-electron chi connectivity index (χ4n) is 2.95. The topological polar surface area (TPSA) is 86.3 Å². The number of anilines is 1. The van der Waals surface area contributed by atoms with Gasteiger partial charge in [0.05, 0.1) is 30.0 Å². The highest BCUT2D eigenvalue weighted by Crippen LogP contribution is 2.22. The van der Waals surface area contributed by atoms with Gasteiger partial charge in [-0.15, -0.1) is 0 Å². The van der Waals surface area contributed by atoms with Crippen molar-refractivity contribution in [3.63, 3.8) is 0 Å². The first-order valence-electron chi connectivity index (χ1n) is 9.18. The van der Waals surface area contributed by atoms with Crippen molar-refractivity contribution in [3.05, 3.63) is 66.2 Å². The lowest BCUT2D eigenvalue weighted by Crippen LogP contribution is -2.18. The fraction of sp³-hybridized carbons (Fsp3) is 0.200. The van der Waals surface area contributed by atoms with Gasteiger partial charge in [-0.3, -0.25) is 4.79 Å². The number of aromatic nitrogens is 5. The molecule has 0 aliphatic carbocycles. The average Bonchev–Trinajstić information content (AvgIpc) is 3.34. The number of carbonyl (C=O) groups excluding carboxylic acids is 1. The highest BCUT2D eigenvalue weighted by Gasteiger charge is 2.27. The zero-order valence-corrected chi connectivity index (χ0v) is 16.3. The molecule has 8 nitrogen and oxygen atoms in total. The van der Waals surface area contributed by atoms with Gasteiger partial charge in [0.15, 0.2) is 5.65 Å². The van der Waals surface area contributed by atoms with E-state index in [0.717, 1.165) is 21.5 Å². The van der Waals surface area contributed by atoms with Crippen LogP contribution in [0.1, 0.15) is 15.9 Å². The molecular weight excluding hydrogens is 413 g/mol. The number of nitrogens with one attached hydrogen (secondary N) is 1. The quantitative estimate of drug-likeness (QED) is 0.504. The molecule has 0 saturated carbocycles. The first-order valence-corrected chi connectivity index (χ1v) is 9.18. The number of halogens is 3. The number of fused-ring (bicyclic) bond motifs is 1. The van der Waals surface area contributed by atoms with Gasteiger partial charge in [0.1, 0.15) is 18.9 Å². The number of amides is 1. The van der Waals surface area contributed by atoms with E-state index in [0.29, 0.717) is 11.3 Å². The third-order valence-corrected chi connectivity index (χ3v) is 4.37. The molecule has 1 aromatic carbocycles. The molecule has 1 amide bonds. The van der Waals surface area contributed by atoms with E-state index in [1.165, 1.54) is 18.6 Å². The van der Waals surface area contributed by atoms with Gasteiger partial charge in [-0.25, -0.2) is 14.2 Å². The number of hydrogen-bond donors (Lipinski definition) is 1. The number of ether oxygens (including phenoxy) is 1. The summed E-state index contributed by atoms with van der Waals surface area (Å²) in [4.78, 5) is 17.0. The Morgan fingerprint density at radius 3 is 2.65 bits per heavy atom. The maximum Gasteiger partial charge on any atom is 0.411 e. The van der Waals surface area contributed by atoms with Crippen molar-refractivity contribution < 1.29 is 22.7 Å². The van der Waals surface area contributed by atoms with Crippen LogP contribution in [0.15, 0.2) is 55.1 Å². The van der Waals surface area contributed by atoms with Crippen LogP contribution in [0.4, 0.5) is 18.9 Å². The number of aryl methyl sites for hydroxylation is 1. The van der Waals surface area contributed by atoms with E-state index in [9.17, 15) is 18.0 Å². The maximum absolute atomic E-state index is 12.7. The molecule has 11 heteroatoms. The van der Waals surface area contributed by atoms with Gasteiger partial charge >= 0.3 is 6.18 Å². The average molecular weight is 430 g/mol. The fourth-order valence-corrected chi connectivity index (χ4v) is 2.95. The number of benzene rings is 1. The van der Waals surface area contributed by atoms with Crippen molar-refractivity contribution in [1.82, 2.24) is 24.4 Å². The van der Waals surface area contributed by atoms with Gasteiger partial charge in [-0.05, 0) is 13.0 Å². The summed E-state index contributed by atoms with van der Waals surface area (Å²) in [6, 6.07) is 9.68. The second-order valence-corrected chi connectivity index (χ2v) is 6.81. The van der Waals surface area contributed by atoms with Crippen LogP contribution >= 0.6 is 0 Å². The van der Waals surface area contributed by atoms with Crippen LogP contribution in [0.5, 0.6) is 0 Å². The highest BCUT2D eigenvalue weighted by molar-refractivity contribution is 6.08. The van der Waals surface area contributed by atoms with Crippen LogP contribution in [0.3, 0.4) is 0 Å². The molecule has 0 atom stereocenters. The summed E-state index contributed by atoms with van der Waals surface area (Å²) in [6.45, 7) is 0.215. The predicted molar refractivity (Wildman–Crippen MR) is 105 cm³/mol. The number of alkyl halides is 3. The lowest BCUT2D eigenvalue weighted by atomic mass is 10.1. The lowest BCUT2D eigenvalue weighted by molar-refractivity contribution is -0.182. The van der Waals surface area contributed by atoms with E-state index in [2.05, 4.69) is 25.2 Å². The minimum absolute atomic E-state index is 0.245. The molecule has 0 saturated heterocycles. The van der Waals surface area contributed by atoms with Crippen molar-refractivity contribution in [2.45, 2.75) is 19.8 Å². The highest BCUT2D eigenvalue weighted by atomic mass is 19.4. The second kappa shape index (κ2) is 8.19. The third-order valence-electron chi connectivity index (χ3n) is 4.37. The van der Waals surface area contributed by atoms with Crippen LogP contribution < -0.4 is 5.32 Å². The molecule has 0 aliphatic heterocycles. The van der Waals surface area contributed by atoms with E-state index in [1.54, 1.807) is 16.8 Å². The van der Waals surface area contributed by atoms with Gasteiger partial charge in [0, 0.05) is 11.8 Å². The van der Waals surface area contributed by atoms with Crippen molar-refractivity contribution in [2.75, 3.05) is 11.9 Å². The van der Waals surface area contributed by atoms with E-state index in [-0.39, 0.29) is 5.56 Å². The Hall–Kier alpha value is -3.73. The SMILES string of the molecule is Cc1ccc(-c2ccnc3c(C(=O)Nc4cnn(COCC(F)(F)F)c4)cnn23)cc1. The zero-order valence-electron chi connectivity index (χ0n) is 16.3. The van der Waals surface area contributed by atoms with Crippen LogP contribution in [-0.4, -0.2) is 43.1 Å². The largest absolute Gasteiger partial charge is 0.411 e. The number of rotatable bonds is 6. The normalized spacial score (nSPS) is 11.7. The van der Waals surface area contributed by atoms with E-state index < -0.39 is 25.4 Å². The molecule has 3 aromatic heterocycles. The maximum atomic E-state index is 12.7. The Morgan fingerprint density at radius 2 is 1.90 bits per heavy atom. The molecule has 0 bridgehead atoms. The third kappa shape index (κ3) is 4.72. The van der Waals surface area contributed by atoms with Gasteiger partial charge in [0.2, 0.25) is 0 Å². The van der Waals surface area contributed by atoms with E-state index >= 15 is 0 Å². The predicted octanol–water partition coefficient (Wildman–Crippen LogP) is 3.69. The number of carbonyl (C=O) groups is 1. The summed E-state index contributed by atoms with van der Waals surface area (Å²) in [5.74, 6) is -0.473. The van der Waals surface area contributed by atoms with Gasteiger partial charge in [-0.2, -0.15) is 23.4 Å². The van der Waals surface area contributed by atoms with E-state index in [4.69, 9.17) is 0 Å². The summed E-state index contributed by atoms with van der Waals surface area (Å²) < 4.78 is 43.7. The molecular formula is C20H17F3N6O2. The van der Waals surface area contributed by atoms with Crippen LogP contribution in [0.25, 0.3) is 16.9 Å². The van der Waals surface area contributed by atoms with Gasteiger partial charge < -0.3 is 10.1 Å². The minimum Gasteiger partial charge on any atom is -0.350 e. The molecule has 0 radical (unpaired) electrons. The smallest absolute Gasteiger partial charge is 0.350 e. The lowest BCUT2D eigenvalue weighted by Gasteiger charge is -2.07. The Balaban J connectivity index is 1.50. The summed E-state index contributed by atoms with van der Waals surface area (Å²) >= 11 is 0. The van der Waals surface area contributed by atoms with Crippen LogP contribution in [0.2, 0.25) is 0 Å². The van der Waals surface area contributed by atoms with Gasteiger partial charge in [-0.1, -0.05) is 29.8 Å². The zero-order chi connectivity index (χ0) is 22.0. The molecule has 3 heterocycles. The molecule has 4 aromatic rings. The molecule has 0 fully saturated rings. The Bertz CT molecular complexity index is 1210. The second-order valence-electron chi connectivity index (χ2n) is 6.81. The van der Waals surface area contributed by atoms with Crippen molar-refractivity contribution in [1.29, 1.82) is 0 Å². The standard InChI is InChI=1S/C20H17F3N6O2/c1-13-2-4-14(5-3-13)17-6-7-24-18-16(9-26-29(17)18)19(30)27-15-8-25-28(10-15)12-31-11-20(21,22)23/h2-10H,11-12H2,1H3,(H,27,30). The summed E-state index contributed by atoms with van der Waals surface area (Å²) in [5.41, 5.74) is 3.74. The summed E-state index contributed by atoms with van der Waals surface area (Å²) in [5, 5.41) is 10.8. The first-order chi connectivity index (χ1) is 14.8. The first kappa shape index (κ1) is 20.5. The van der Waals surface area contributed by atoms with Crippen molar-refractivity contribution >= 4 is 17.2 Å². The molecule has 0 aliphatic rings. The van der Waals surface area contributed by atoms with E-state index in [1.807, 2.05) is 31.2 Å². The Kier molecular flexibility index (Phi) is 5.42. The molecule has 4 rings (SSSR count). The number of nitrogens with zero attached hydrogens (tertiary/aromatic N) is 5. The molecule has 0 spiro atoms. The monoisotopic (exact) mass is 430 g/mol. The molecule has 160 valence electrons. The van der Waals surface area contributed by atoms with Crippen LogP contribution in [-0.2, 0) is 11.5 Å². The summed E-state index contributed by atoms with van der Waals surface area (Å²) in [7, 11) is 0. The summed E-state index contributed by atoms with van der Waals surface area (Å²) in [6.07, 6.45) is 1.26. The van der Waals surface area contributed by atoms with Gasteiger partial charge in [0.25, 0.3) is 5.91 Å². The number of hydrogen-bond acceptors (Lipinski definition) is 5. The Morgan fingerprint density at radius 1 is 1.13 bits per heavy atom. The molecule has 0 unspecified atom stereocenters. The Labute approximate surface area is 174 Å². The molecule has 31 heavy (non-hydrogen) atoms. The minimum atomic E-state index is -4.42. The van der Waals surface area contributed by atoms with Crippen molar-refractivity contribution in [3.8, 4) is 11.3 Å².